The van der Waals surface area contributed by atoms with Gasteiger partial charge in [-0.05, 0) is 6.42 Å². The molecule has 1 aliphatic heterocycles. The fraction of sp³-hybridized carbons (Fsp3) is 0.714. The number of nitrogens with zero attached hydrogens (tertiary/aromatic N) is 2. The second kappa shape index (κ2) is 8.19. The number of rotatable bonds is 8. The fourth-order valence-electron chi connectivity index (χ4n) is 2.12. The van der Waals surface area contributed by atoms with Gasteiger partial charge in [0.15, 0.2) is 0 Å². The first-order valence-corrected chi connectivity index (χ1v) is 7.27. The van der Waals surface area contributed by atoms with Crippen LogP contribution < -0.4 is 5.32 Å². The quantitative estimate of drug-likeness (QED) is 0.746. The van der Waals surface area contributed by atoms with Crippen molar-refractivity contribution in [3.8, 4) is 0 Å². The minimum Gasteiger partial charge on any atom is -0.376 e. The Morgan fingerprint density at radius 3 is 3.00 bits per heavy atom. The number of nitrogens with one attached hydrogen (secondary N) is 1. The molecular weight excluding hydrogens is 280 g/mol. The van der Waals surface area contributed by atoms with Crippen molar-refractivity contribution in [2.45, 2.75) is 39.2 Å². The van der Waals surface area contributed by atoms with Gasteiger partial charge in [-0.1, -0.05) is 6.92 Å². The molecule has 1 aromatic rings. The van der Waals surface area contributed by atoms with E-state index in [4.69, 9.17) is 9.47 Å². The Bertz CT molecular complexity index is 458. The van der Waals surface area contributed by atoms with Gasteiger partial charge >= 0.3 is 0 Å². The Labute approximate surface area is 123 Å². The van der Waals surface area contributed by atoms with E-state index in [2.05, 4.69) is 22.2 Å². The molecule has 0 aromatic carbocycles. The Morgan fingerprint density at radius 2 is 2.24 bits per heavy atom. The van der Waals surface area contributed by atoms with E-state index in [1.165, 1.54) is 0 Å². The van der Waals surface area contributed by atoms with Crippen molar-refractivity contribution in [2.24, 2.45) is 0 Å². The first kappa shape index (κ1) is 16.0. The maximum Gasteiger partial charge on any atom is 0.261 e. The van der Waals surface area contributed by atoms with Crippen LogP contribution in [-0.4, -0.2) is 42.8 Å². The van der Waals surface area contributed by atoms with Gasteiger partial charge in [-0.25, -0.2) is 18.7 Å². The van der Waals surface area contributed by atoms with E-state index in [1.807, 2.05) is 0 Å². The standard InChI is InChI=1S/C14H21F2N3O2/c1-2-5-17-14-10-8-20-6-3-11(10)18-13(19-14)4-7-21-9-12(15)16/h12H,2-9H2,1H3,(H,17,18,19). The first-order valence-electron chi connectivity index (χ1n) is 7.27. The zero-order valence-corrected chi connectivity index (χ0v) is 12.2. The van der Waals surface area contributed by atoms with E-state index in [9.17, 15) is 8.78 Å². The SMILES string of the molecule is CCCNc1nc(CCOCC(F)F)nc2c1COCC2. The molecule has 0 atom stereocenters. The molecule has 1 N–H and O–H groups in total. The molecule has 0 aliphatic carbocycles. The normalized spacial score (nSPS) is 14.3. The Kier molecular flexibility index (Phi) is 6.25. The van der Waals surface area contributed by atoms with Gasteiger partial charge in [0.25, 0.3) is 6.43 Å². The highest BCUT2D eigenvalue weighted by Gasteiger charge is 2.18. The van der Waals surface area contributed by atoms with Gasteiger partial charge in [-0.15, -0.1) is 0 Å². The zero-order valence-electron chi connectivity index (χ0n) is 12.2. The van der Waals surface area contributed by atoms with Crippen LogP contribution in [0.1, 0.15) is 30.4 Å². The Hall–Kier alpha value is -1.34. The van der Waals surface area contributed by atoms with Gasteiger partial charge < -0.3 is 14.8 Å². The molecule has 0 saturated carbocycles. The molecule has 7 heteroatoms. The zero-order chi connectivity index (χ0) is 15.1. The molecule has 5 nitrogen and oxygen atoms in total. The number of hydrogen-bond donors (Lipinski definition) is 1. The minimum absolute atomic E-state index is 0.201. The first-order chi connectivity index (χ1) is 10.2. The van der Waals surface area contributed by atoms with Crippen molar-refractivity contribution in [1.29, 1.82) is 0 Å². The number of fused-ring (bicyclic) bond motifs is 1. The van der Waals surface area contributed by atoms with E-state index in [0.29, 0.717) is 25.5 Å². The van der Waals surface area contributed by atoms with Gasteiger partial charge in [-0.3, -0.25) is 0 Å². The summed E-state index contributed by atoms with van der Waals surface area (Å²) in [6, 6.07) is 0. The molecule has 1 aliphatic rings. The van der Waals surface area contributed by atoms with E-state index < -0.39 is 13.0 Å². The summed E-state index contributed by atoms with van der Waals surface area (Å²) < 4.78 is 34.4. The molecule has 0 unspecified atom stereocenters. The molecule has 2 heterocycles. The van der Waals surface area contributed by atoms with Crippen molar-refractivity contribution in [3.05, 3.63) is 17.1 Å². The van der Waals surface area contributed by atoms with Crippen molar-refractivity contribution < 1.29 is 18.3 Å². The highest BCUT2D eigenvalue weighted by molar-refractivity contribution is 5.47. The predicted molar refractivity (Wildman–Crippen MR) is 74.7 cm³/mol. The predicted octanol–water partition coefficient (Wildman–Crippen LogP) is 2.20. The van der Waals surface area contributed by atoms with Crippen LogP contribution in [0.2, 0.25) is 0 Å². The average Bonchev–Trinajstić information content (AvgIpc) is 2.49. The lowest BCUT2D eigenvalue weighted by molar-refractivity contribution is 0.0182. The average molecular weight is 301 g/mol. The molecule has 1 aromatic heterocycles. The van der Waals surface area contributed by atoms with Crippen molar-refractivity contribution in [3.63, 3.8) is 0 Å². The third-order valence-electron chi connectivity index (χ3n) is 3.12. The maximum atomic E-state index is 12.0. The summed E-state index contributed by atoms with van der Waals surface area (Å²) in [5.74, 6) is 1.42. The van der Waals surface area contributed by atoms with Crippen molar-refractivity contribution in [1.82, 2.24) is 9.97 Å². The molecule has 21 heavy (non-hydrogen) atoms. The Morgan fingerprint density at radius 1 is 1.38 bits per heavy atom. The molecule has 0 bridgehead atoms. The molecule has 2 rings (SSSR count). The van der Waals surface area contributed by atoms with Crippen LogP contribution in [0.3, 0.4) is 0 Å². The number of hydrogen-bond acceptors (Lipinski definition) is 5. The highest BCUT2D eigenvalue weighted by atomic mass is 19.3. The molecule has 0 amide bonds. The molecular formula is C14H21F2N3O2. The second-order valence-corrected chi connectivity index (χ2v) is 4.86. The van der Waals surface area contributed by atoms with Gasteiger partial charge in [0.1, 0.15) is 18.2 Å². The summed E-state index contributed by atoms with van der Waals surface area (Å²) >= 11 is 0. The van der Waals surface area contributed by atoms with Gasteiger partial charge in [0, 0.05) is 24.9 Å². The third-order valence-corrected chi connectivity index (χ3v) is 3.12. The van der Waals surface area contributed by atoms with Crippen LogP contribution in [0.4, 0.5) is 14.6 Å². The summed E-state index contributed by atoms with van der Waals surface area (Å²) in [6.45, 7) is 3.73. The van der Waals surface area contributed by atoms with Crippen LogP contribution in [-0.2, 0) is 28.9 Å². The summed E-state index contributed by atoms with van der Waals surface area (Å²) in [6.07, 6.45) is -0.258. The van der Waals surface area contributed by atoms with Crippen molar-refractivity contribution >= 4 is 5.82 Å². The van der Waals surface area contributed by atoms with Crippen LogP contribution >= 0.6 is 0 Å². The van der Waals surface area contributed by atoms with E-state index in [1.54, 1.807) is 0 Å². The summed E-state index contributed by atoms with van der Waals surface area (Å²) in [4.78, 5) is 8.97. The number of aromatic nitrogens is 2. The van der Waals surface area contributed by atoms with Crippen molar-refractivity contribution in [2.75, 3.05) is 31.7 Å². The number of halogens is 2. The molecule has 0 radical (unpaired) electrons. The van der Waals surface area contributed by atoms with Gasteiger partial charge in [0.05, 0.1) is 25.5 Å². The van der Waals surface area contributed by atoms with E-state index in [-0.39, 0.29) is 6.61 Å². The lowest BCUT2D eigenvalue weighted by Gasteiger charge is -2.20. The monoisotopic (exact) mass is 301 g/mol. The lowest BCUT2D eigenvalue weighted by atomic mass is 10.1. The van der Waals surface area contributed by atoms with E-state index in [0.717, 1.165) is 36.5 Å². The van der Waals surface area contributed by atoms with Crippen LogP contribution in [0.15, 0.2) is 0 Å². The summed E-state index contributed by atoms with van der Waals surface area (Å²) in [5.41, 5.74) is 1.99. The van der Waals surface area contributed by atoms with Crippen LogP contribution in [0.5, 0.6) is 0 Å². The molecule has 0 spiro atoms. The number of alkyl halides is 2. The Balaban J connectivity index is 2.03. The molecule has 118 valence electrons. The summed E-state index contributed by atoms with van der Waals surface area (Å²) in [7, 11) is 0. The summed E-state index contributed by atoms with van der Waals surface area (Å²) in [5, 5.41) is 3.28. The molecule has 0 fully saturated rings. The molecule has 0 saturated heterocycles. The largest absolute Gasteiger partial charge is 0.376 e. The second-order valence-electron chi connectivity index (χ2n) is 4.86. The van der Waals surface area contributed by atoms with Crippen LogP contribution in [0, 0.1) is 0 Å². The fourth-order valence-corrected chi connectivity index (χ4v) is 2.12. The van der Waals surface area contributed by atoms with Gasteiger partial charge in [-0.2, -0.15) is 0 Å². The number of ether oxygens (including phenoxy) is 2. The van der Waals surface area contributed by atoms with Crippen LogP contribution in [0.25, 0.3) is 0 Å². The van der Waals surface area contributed by atoms with E-state index >= 15 is 0 Å². The minimum atomic E-state index is -2.44. The number of anilines is 1. The smallest absolute Gasteiger partial charge is 0.261 e. The highest BCUT2D eigenvalue weighted by Crippen LogP contribution is 2.22. The lowest BCUT2D eigenvalue weighted by Crippen LogP contribution is -2.19. The van der Waals surface area contributed by atoms with Gasteiger partial charge in [0.2, 0.25) is 0 Å². The topological polar surface area (TPSA) is 56.3 Å². The maximum absolute atomic E-state index is 12.0. The third kappa shape index (κ3) is 4.86.